The van der Waals surface area contributed by atoms with Crippen LogP contribution in [0, 0.1) is 0 Å². The number of furan rings is 1. The summed E-state index contributed by atoms with van der Waals surface area (Å²) in [5.41, 5.74) is 1.68. The molecule has 0 amide bonds. The lowest BCUT2D eigenvalue weighted by Gasteiger charge is -1.99. The molecule has 0 fully saturated rings. The van der Waals surface area contributed by atoms with Gasteiger partial charge in [0.1, 0.15) is 23.4 Å². The number of aryl methyl sites for hydroxylation is 1. The Balaban J connectivity index is 2.55. The van der Waals surface area contributed by atoms with Crippen molar-refractivity contribution in [2.75, 3.05) is 7.11 Å². The van der Waals surface area contributed by atoms with Crippen molar-refractivity contribution in [3.8, 4) is 17.2 Å². The van der Waals surface area contributed by atoms with E-state index in [4.69, 9.17) is 32.4 Å². The summed E-state index contributed by atoms with van der Waals surface area (Å²) in [6.45, 7) is 0. The van der Waals surface area contributed by atoms with Gasteiger partial charge in [-0.2, -0.15) is 4.57 Å². The molecule has 16 heavy (non-hydrogen) atoms. The molecular formula is C11H10Cl2NO2+. The highest BCUT2D eigenvalue weighted by atomic mass is 35.5. The third-order valence-electron chi connectivity index (χ3n) is 2.21. The Hall–Kier alpha value is -1.19. The highest BCUT2D eigenvalue weighted by Gasteiger charge is 2.18. The Morgan fingerprint density at radius 3 is 2.62 bits per heavy atom. The number of nitrogens with zero attached hydrogens (tertiary/aromatic N) is 1. The zero-order valence-electron chi connectivity index (χ0n) is 8.83. The molecule has 0 saturated heterocycles. The average molecular weight is 259 g/mol. The fourth-order valence-corrected chi connectivity index (χ4v) is 2.21. The third-order valence-corrected chi connectivity index (χ3v) is 2.71. The van der Waals surface area contributed by atoms with Crippen LogP contribution in [-0.4, -0.2) is 7.11 Å². The second-order valence-electron chi connectivity index (χ2n) is 3.32. The van der Waals surface area contributed by atoms with E-state index in [1.165, 1.54) is 0 Å². The van der Waals surface area contributed by atoms with Gasteiger partial charge in [0.25, 0.3) is 5.95 Å². The fraction of sp³-hybridized carbons (Fsp3) is 0.182. The fourth-order valence-electron chi connectivity index (χ4n) is 1.53. The van der Waals surface area contributed by atoms with E-state index in [0.29, 0.717) is 16.0 Å². The lowest BCUT2D eigenvalue weighted by atomic mass is 10.2. The van der Waals surface area contributed by atoms with E-state index in [2.05, 4.69) is 0 Å². The van der Waals surface area contributed by atoms with Crippen molar-refractivity contribution in [3.63, 3.8) is 0 Å². The van der Waals surface area contributed by atoms with Crippen LogP contribution < -0.4 is 9.30 Å². The largest absolute Gasteiger partial charge is 0.468 e. The topological polar surface area (TPSA) is 26.2 Å². The number of hydrogen-bond acceptors (Lipinski definition) is 2. The minimum absolute atomic E-state index is 0.445. The van der Waals surface area contributed by atoms with E-state index >= 15 is 0 Å². The molecule has 0 unspecified atom stereocenters. The van der Waals surface area contributed by atoms with Crippen LogP contribution in [0.15, 0.2) is 29.0 Å². The molecule has 2 aromatic heterocycles. The van der Waals surface area contributed by atoms with Crippen molar-refractivity contribution in [1.82, 2.24) is 0 Å². The van der Waals surface area contributed by atoms with Gasteiger partial charge in [-0.1, -0.05) is 23.2 Å². The Morgan fingerprint density at radius 1 is 1.31 bits per heavy atom. The van der Waals surface area contributed by atoms with Crippen LogP contribution in [0.5, 0.6) is 5.95 Å². The highest BCUT2D eigenvalue weighted by molar-refractivity contribution is 6.35. The normalized spacial score (nSPS) is 10.5. The Morgan fingerprint density at radius 2 is 2.06 bits per heavy atom. The molecule has 2 rings (SSSR count). The summed E-state index contributed by atoms with van der Waals surface area (Å²) in [6, 6.07) is 3.47. The maximum absolute atomic E-state index is 6.13. The number of ether oxygens (including phenoxy) is 1. The number of hydrogen-bond donors (Lipinski definition) is 0. The number of methoxy groups -OCH3 is 1. The second kappa shape index (κ2) is 4.36. The van der Waals surface area contributed by atoms with Crippen molar-refractivity contribution >= 4 is 23.2 Å². The minimum atomic E-state index is 0.445. The SMILES string of the molecule is COc1cc(-c2c(Cl)cc(Cl)c[n+]2C)co1. The van der Waals surface area contributed by atoms with Crippen molar-refractivity contribution in [3.05, 3.63) is 34.6 Å². The van der Waals surface area contributed by atoms with Crippen LogP contribution in [0.3, 0.4) is 0 Å². The Labute approximate surface area is 103 Å². The molecule has 0 saturated carbocycles. The summed E-state index contributed by atoms with van der Waals surface area (Å²) in [7, 11) is 3.42. The molecule has 0 bridgehead atoms. The van der Waals surface area contributed by atoms with Crippen LogP contribution in [0.2, 0.25) is 10.0 Å². The monoisotopic (exact) mass is 258 g/mol. The first kappa shape index (κ1) is 11.3. The molecule has 0 radical (unpaired) electrons. The van der Waals surface area contributed by atoms with Crippen molar-refractivity contribution in [2.24, 2.45) is 7.05 Å². The summed E-state index contributed by atoms with van der Waals surface area (Å²) < 4.78 is 12.0. The molecule has 5 heteroatoms. The van der Waals surface area contributed by atoms with Crippen LogP contribution in [0.1, 0.15) is 0 Å². The van der Waals surface area contributed by atoms with E-state index in [0.717, 1.165) is 11.3 Å². The van der Waals surface area contributed by atoms with Gasteiger partial charge in [-0.05, 0) is 6.07 Å². The van der Waals surface area contributed by atoms with Crippen LogP contribution >= 0.6 is 23.2 Å². The van der Waals surface area contributed by atoms with Gasteiger partial charge in [-0.15, -0.1) is 0 Å². The predicted molar refractivity (Wildman–Crippen MR) is 61.9 cm³/mol. The van der Waals surface area contributed by atoms with Crippen LogP contribution in [-0.2, 0) is 7.05 Å². The lowest BCUT2D eigenvalue weighted by Crippen LogP contribution is -2.30. The molecule has 0 spiro atoms. The zero-order chi connectivity index (χ0) is 11.7. The van der Waals surface area contributed by atoms with Crippen molar-refractivity contribution < 1.29 is 13.7 Å². The van der Waals surface area contributed by atoms with E-state index in [9.17, 15) is 0 Å². The van der Waals surface area contributed by atoms with E-state index in [-0.39, 0.29) is 0 Å². The molecule has 0 aromatic carbocycles. The standard InChI is InChI=1S/C11H10Cl2NO2/c1-14-5-8(12)4-9(13)11(14)7-3-10(15-2)16-6-7/h3-6H,1-2H3/q+1. The molecule has 0 atom stereocenters. The van der Waals surface area contributed by atoms with Crippen molar-refractivity contribution in [2.45, 2.75) is 0 Å². The maximum Gasteiger partial charge on any atom is 0.284 e. The summed E-state index contributed by atoms with van der Waals surface area (Å²) in [5, 5.41) is 1.16. The predicted octanol–water partition coefficient (Wildman–Crippen LogP) is 3.09. The molecule has 0 aliphatic carbocycles. The summed E-state index contributed by atoms with van der Waals surface area (Å²) in [4.78, 5) is 0. The number of halogens is 2. The van der Waals surface area contributed by atoms with E-state index in [1.807, 2.05) is 11.6 Å². The van der Waals surface area contributed by atoms with E-state index < -0.39 is 0 Å². The van der Waals surface area contributed by atoms with Gasteiger partial charge < -0.3 is 9.15 Å². The summed E-state index contributed by atoms with van der Waals surface area (Å²) in [5.74, 6) is 0.445. The van der Waals surface area contributed by atoms with Crippen molar-refractivity contribution in [1.29, 1.82) is 0 Å². The van der Waals surface area contributed by atoms with Crippen LogP contribution in [0.4, 0.5) is 0 Å². The average Bonchev–Trinajstić information content (AvgIpc) is 2.64. The maximum atomic E-state index is 6.13. The minimum Gasteiger partial charge on any atom is -0.468 e. The smallest absolute Gasteiger partial charge is 0.284 e. The highest BCUT2D eigenvalue weighted by Crippen LogP contribution is 2.29. The molecule has 0 aliphatic rings. The van der Waals surface area contributed by atoms with Gasteiger partial charge in [0.15, 0.2) is 6.20 Å². The van der Waals surface area contributed by atoms with Gasteiger partial charge in [-0.25, -0.2) is 0 Å². The van der Waals surface area contributed by atoms with Gasteiger partial charge in [0.05, 0.1) is 12.7 Å². The Bertz CT molecular complexity index is 499. The first-order valence-corrected chi connectivity index (χ1v) is 5.35. The number of rotatable bonds is 2. The summed E-state index contributed by atoms with van der Waals surface area (Å²) in [6.07, 6.45) is 3.37. The zero-order valence-corrected chi connectivity index (χ0v) is 10.3. The third kappa shape index (κ3) is 2.01. The van der Waals surface area contributed by atoms with Crippen LogP contribution in [0.25, 0.3) is 11.3 Å². The first-order chi connectivity index (χ1) is 7.61. The molecule has 0 N–H and O–H groups in total. The van der Waals surface area contributed by atoms with Gasteiger partial charge in [0, 0.05) is 6.07 Å². The quantitative estimate of drug-likeness (QED) is 0.774. The first-order valence-electron chi connectivity index (χ1n) is 4.59. The number of pyridine rings is 1. The lowest BCUT2D eigenvalue weighted by molar-refractivity contribution is -0.660. The Kier molecular flexibility index (Phi) is 3.08. The molecule has 84 valence electrons. The molecule has 2 heterocycles. The molecule has 3 nitrogen and oxygen atoms in total. The molecule has 0 aliphatic heterocycles. The summed E-state index contributed by atoms with van der Waals surface area (Å²) >= 11 is 12.0. The van der Waals surface area contributed by atoms with Gasteiger partial charge >= 0.3 is 0 Å². The molecular weight excluding hydrogens is 249 g/mol. The molecule has 2 aromatic rings. The van der Waals surface area contributed by atoms with Gasteiger partial charge in [0.2, 0.25) is 5.69 Å². The van der Waals surface area contributed by atoms with Gasteiger partial charge in [-0.3, -0.25) is 0 Å². The van der Waals surface area contributed by atoms with E-state index in [1.54, 1.807) is 31.7 Å². The second-order valence-corrected chi connectivity index (χ2v) is 4.17. The number of aromatic nitrogens is 1.